The second-order valence-corrected chi connectivity index (χ2v) is 10.2. The van der Waals surface area contributed by atoms with Gasteiger partial charge in [-0.3, -0.25) is 9.10 Å². The molecule has 0 spiro atoms. The lowest BCUT2D eigenvalue weighted by atomic mass is 10.2. The Morgan fingerprint density at radius 3 is 2.41 bits per heavy atom. The third kappa shape index (κ3) is 7.21. The summed E-state index contributed by atoms with van der Waals surface area (Å²) in [4.78, 5) is 12.3. The van der Waals surface area contributed by atoms with E-state index in [1.54, 1.807) is 49.4 Å². The summed E-state index contributed by atoms with van der Waals surface area (Å²) in [6.45, 7) is 1.70. The fourth-order valence-electron chi connectivity index (χ4n) is 2.91. The molecule has 10 heteroatoms. The smallest absolute Gasteiger partial charge is 0.260 e. The van der Waals surface area contributed by atoms with Crippen LogP contribution in [0.3, 0.4) is 0 Å². The Balaban J connectivity index is 1.57. The summed E-state index contributed by atoms with van der Waals surface area (Å²) in [5.74, 6) is 0.0553. The number of benzene rings is 3. The van der Waals surface area contributed by atoms with E-state index in [1.807, 2.05) is 18.2 Å². The van der Waals surface area contributed by atoms with E-state index in [2.05, 4.69) is 10.5 Å². The van der Waals surface area contributed by atoms with Crippen molar-refractivity contribution in [3.05, 3.63) is 93.5 Å². The predicted octanol–water partition coefficient (Wildman–Crippen LogP) is 4.80. The number of amides is 1. The van der Waals surface area contributed by atoms with Crippen LogP contribution in [0.15, 0.2) is 71.8 Å². The molecule has 3 aromatic carbocycles. The van der Waals surface area contributed by atoms with E-state index in [-0.39, 0.29) is 0 Å². The van der Waals surface area contributed by atoms with Crippen molar-refractivity contribution in [1.29, 1.82) is 0 Å². The average Bonchev–Trinajstić information content (AvgIpc) is 2.79. The first-order valence-corrected chi connectivity index (χ1v) is 12.8. The number of nitrogens with one attached hydrogen (secondary N) is 1. The van der Waals surface area contributed by atoms with E-state index in [1.165, 1.54) is 12.3 Å². The highest BCUT2D eigenvalue weighted by molar-refractivity contribution is 7.92. The molecule has 34 heavy (non-hydrogen) atoms. The van der Waals surface area contributed by atoms with Crippen molar-refractivity contribution in [1.82, 2.24) is 5.43 Å². The lowest BCUT2D eigenvalue weighted by Gasteiger charge is -2.21. The van der Waals surface area contributed by atoms with Gasteiger partial charge < -0.3 is 4.74 Å². The van der Waals surface area contributed by atoms with Gasteiger partial charge in [0.25, 0.3) is 5.91 Å². The van der Waals surface area contributed by atoms with Gasteiger partial charge in [-0.25, -0.2) is 13.8 Å². The topological polar surface area (TPSA) is 88.1 Å². The lowest BCUT2D eigenvalue weighted by molar-refractivity contribution is -0.119. The standard InChI is InChI=1S/C24H23Cl2N3O4S/c1-17-7-10-20(13-23(17)26)29(34(2,31)32)15-24(30)28-27-14-18-8-11-21(12-9-18)33-16-19-5-3-4-6-22(19)25/h3-14H,15-16H2,1-2H3,(H,28,30)/b27-14-. The fraction of sp³-hybridized carbons (Fsp3) is 0.167. The fourth-order valence-corrected chi connectivity index (χ4v) is 4.12. The zero-order chi connectivity index (χ0) is 24.7. The number of carbonyl (C=O) groups is 1. The molecule has 178 valence electrons. The quantitative estimate of drug-likeness (QED) is 0.325. The molecule has 0 aliphatic rings. The van der Waals surface area contributed by atoms with Gasteiger partial charge in [0.1, 0.15) is 18.9 Å². The minimum atomic E-state index is -3.71. The van der Waals surface area contributed by atoms with Crippen molar-refractivity contribution >= 4 is 51.0 Å². The maximum Gasteiger partial charge on any atom is 0.260 e. The summed E-state index contributed by atoms with van der Waals surface area (Å²) in [6, 6.07) is 19.3. The van der Waals surface area contributed by atoms with Crippen LogP contribution in [0.1, 0.15) is 16.7 Å². The van der Waals surface area contributed by atoms with Crippen molar-refractivity contribution in [3.8, 4) is 5.75 Å². The molecule has 0 saturated carbocycles. The Kier molecular flexibility index (Phi) is 8.55. The zero-order valence-corrected chi connectivity index (χ0v) is 20.9. The van der Waals surface area contributed by atoms with Crippen LogP contribution < -0.4 is 14.5 Å². The van der Waals surface area contributed by atoms with Gasteiger partial charge in [-0.15, -0.1) is 0 Å². The summed E-state index contributed by atoms with van der Waals surface area (Å²) < 4.78 is 31.1. The van der Waals surface area contributed by atoms with Crippen LogP contribution in [-0.2, 0) is 21.4 Å². The molecule has 0 fully saturated rings. The molecule has 1 N–H and O–H groups in total. The summed E-state index contributed by atoms with van der Waals surface area (Å²) in [6.07, 6.45) is 2.47. The number of anilines is 1. The summed E-state index contributed by atoms with van der Waals surface area (Å²) in [5.41, 5.74) is 5.04. The number of hydrogen-bond donors (Lipinski definition) is 1. The second kappa shape index (κ2) is 11.4. The van der Waals surface area contributed by atoms with Gasteiger partial charge in [-0.1, -0.05) is 47.5 Å². The minimum absolute atomic E-state index is 0.296. The number of nitrogens with zero attached hydrogens (tertiary/aromatic N) is 2. The van der Waals surface area contributed by atoms with Crippen molar-refractivity contribution in [3.63, 3.8) is 0 Å². The Morgan fingerprint density at radius 1 is 1.06 bits per heavy atom. The van der Waals surface area contributed by atoms with E-state index in [9.17, 15) is 13.2 Å². The van der Waals surface area contributed by atoms with E-state index >= 15 is 0 Å². The van der Waals surface area contributed by atoms with Gasteiger partial charge in [-0.2, -0.15) is 5.10 Å². The minimum Gasteiger partial charge on any atom is -0.489 e. The van der Waals surface area contributed by atoms with Crippen LogP contribution >= 0.6 is 23.2 Å². The van der Waals surface area contributed by atoms with E-state index < -0.39 is 22.5 Å². The van der Waals surface area contributed by atoms with Crippen LogP contribution in [0.4, 0.5) is 5.69 Å². The van der Waals surface area contributed by atoms with Crippen molar-refractivity contribution in [2.75, 3.05) is 17.1 Å². The van der Waals surface area contributed by atoms with Crippen LogP contribution in [0.25, 0.3) is 0 Å². The Bertz CT molecular complexity index is 1300. The maximum atomic E-state index is 12.3. The number of hydrazone groups is 1. The summed E-state index contributed by atoms with van der Waals surface area (Å²) in [5, 5.41) is 4.95. The van der Waals surface area contributed by atoms with Gasteiger partial charge in [0.15, 0.2) is 0 Å². The number of hydrogen-bond acceptors (Lipinski definition) is 5. The molecule has 0 aromatic heterocycles. The largest absolute Gasteiger partial charge is 0.489 e. The lowest BCUT2D eigenvalue weighted by Crippen LogP contribution is -2.39. The number of halogens is 2. The number of sulfonamides is 1. The summed E-state index contributed by atoms with van der Waals surface area (Å²) in [7, 11) is -3.71. The Morgan fingerprint density at radius 2 is 1.76 bits per heavy atom. The molecule has 0 aliphatic heterocycles. The van der Waals surface area contributed by atoms with E-state index in [4.69, 9.17) is 27.9 Å². The van der Waals surface area contributed by atoms with Gasteiger partial charge in [0.05, 0.1) is 18.2 Å². The molecule has 0 atom stereocenters. The molecule has 3 rings (SSSR count). The summed E-state index contributed by atoms with van der Waals surface area (Å²) >= 11 is 12.2. The predicted molar refractivity (Wildman–Crippen MR) is 136 cm³/mol. The monoisotopic (exact) mass is 519 g/mol. The van der Waals surface area contributed by atoms with Crippen molar-refractivity contribution in [2.45, 2.75) is 13.5 Å². The first-order chi connectivity index (χ1) is 16.1. The second-order valence-electron chi connectivity index (χ2n) is 7.45. The van der Waals surface area contributed by atoms with Crippen LogP contribution in [0.2, 0.25) is 10.0 Å². The normalized spacial score (nSPS) is 11.4. The molecule has 0 aliphatic carbocycles. The average molecular weight is 520 g/mol. The van der Waals surface area contributed by atoms with Gasteiger partial charge in [-0.05, 0) is 60.5 Å². The molecule has 3 aromatic rings. The van der Waals surface area contributed by atoms with E-state index in [0.29, 0.717) is 28.1 Å². The first kappa shape index (κ1) is 25.6. The third-order valence-corrected chi connectivity index (χ3v) is 6.68. The van der Waals surface area contributed by atoms with E-state index in [0.717, 1.165) is 27.3 Å². The molecular formula is C24H23Cl2N3O4S. The SMILES string of the molecule is Cc1ccc(N(CC(=O)N/N=C\c2ccc(OCc3ccccc3Cl)cc2)S(C)(=O)=O)cc1Cl. The molecule has 7 nitrogen and oxygen atoms in total. The third-order valence-electron chi connectivity index (χ3n) is 4.77. The van der Waals surface area contributed by atoms with Crippen LogP contribution in [-0.4, -0.2) is 33.3 Å². The number of carbonyl (C=O) groups excluding carboxylic acids is 1. The number of ether oxygens (including phenoxy) is 1. The zero-order valence-electron chi connectivity index (χ0n) is 18.5. The van der Waals surface area contributed by atoms with Gasteiger partial charge in [0, 0.05) is 15.6 Å². The molecule has 0 bridgehead atoms. The van der Waals surface area contributed by atoms with Crippen LogP contribution in [0.5, 0.6) is 5.75 Å². The Labute approximate surface area is 209 Å². The van der Waals surface area contributed by atoms with Gasteiger partial charge >= 0.3 is 0 Å². The number of rotatable bonds is 9. The molecule has 0 radical (unpaired) electrons. The van der Waals surface area contributed by atoms with Crippen molar-refractivity contribution < 1.29 is 17.9 Å². The molecule has 0 unspecified atom stereocenters. The first-order valence-electron chi connectivity index (χ1n) is 10.2. The molecule has 0 heterocycles. The highest BCUT2D eigenvalue weighted by Gasteiger charge is 2.21. The molecule has 1 amide bonds. The van der Waals surface area contributed by atoms with Gasteiger partial charge in [0.2, 0.25) is 10.0 Å². The highest BCUT2D eigenvalue weighted by Crippen LogP contribution is 2.24. The van der Waals surface area contributed by atoms with Crippen molar-refractivity contribution in [2.24, 2.45) is 5.10 Å². The Hall–Kier alpha value is -3.07. The van der Waals surface area contributed by atoms with Crippen LogP contribution in [0, 0.1) is 6.92 Å². The highest BCUT2D eigenvalue weighted by atomic mass is 35.5. The molecule has 0 saturated heterocycles. The molecular weight excluding hydrogens is 497 g/mol. The number of aryl methyl sites for hydroxylation is 1. The maximum absolute atomic E-state index is 12.3.